The molecular weight excluding hydrogens is 572 g/mol. The van der Waals surface area contributed by atoms with Gasteiger partial charge in [-0.1, -0.05) is 91.0 Å². The van der Waals surface area contributed by atoms with E-state index in [0.29, 0.717) is 6.61 Å². The minimum absolute atomic E-state index is 0.0356. The summed E-state index contributed by atoms with van der Waals surface area (Å²) < 4.78 is 24.2. The SMILES string of the molecule is CO[C@H]1[C@H](O)[C@@H](COCc2ccc(-c3ccccc3)cc2)OC(OCc2ccc3ccccc3c2)[C@@H]1NC(=O)CCN=C(N)N. The number of aliphatic hydroxyl groups excluding tert-OH is 1. The van der Waals surface area contributed by atoms with Crippen molar-refractivity contribution in [3.05, 3.63) is 108 Å². The summed E-state index contributed by atoms with van der Waals surface area (Å²) in [6.07, 6.45) is -3.59. The van der Waals surface area contributed by atoms with E-state index >= 15 is 0 Å². The fourth-order valence-electron chi connectivity index (χ4n) is 5.40. The molecule has 5 rings (SSSR count). The van der Waals surface area contributed by atoms with Crippen molar-refractivity contribution in [2.24, 2.45) is 16.5 Å². The van der Waals surface area contributed by atoms with Gasteiger partial charge in [-0.25, -0.2) is 0 Å². The third-order valence-corrected chi connectivity index (χ3v) is 7.75. The number of hydrogen-bond donors (Lipinski definition) is 4. The molecule has 4 aromatic rings. The molecule has 1 heterocycles. The molecule has 0 aromatic heterocycles. The van der Waals surface area contributed by atoms with Gasteiger partial charge >= 0.3 is 0 Å². The number of carbonyl (C=O) groups is 1. The Morgan fingerprint density at radius 1 is 0.889 bits per heavy atom. The lowest BCUT2D eigenvalue weighted by Gasteiger charge is -2.44. The molecule has 10 nitrogen and oxygen atoms in total. The van der Waals surface area contributed by atoms with Gasteiger partial charge in [0.1, 0.15) is 24.4 Å². The van der Waals surface area contributed by atoms with E-state index in [9.17, 15) is 9.90 Å². The van der Waals surface area contributed by atoms with Crippen LogP contribution in [0.3, 0.4) is 0 Å². The van der Waals surface area contributed by atoms with Crippen molar-refractivity contribution in [2.45, 2.75) is 50.3 Å². The van der Waals surface area contributed by atoms with Crippen molar-refractivity contribution in [1.29, 1.82) is 0 Å². The average Bonchev–Trinajstić information content (AvgIpc) is 3.06. The van der Waals surface area contributed by atoms with E-state index in [1.165, 1.54) is 7.11 Å². The topological polar surface area (TPSA) is 151 Å². The number of carbonyl (C=O) groups excluding carboxylic acids is 1. The number of rotatable bonds is 13. The van der Waals surface area contributed by atoms with Crippen molar-refractivity contribution in [3.8, 4) is 11.1 Å². The molecule has 1 amide bonds. The molecular formula is C35H40N4O6. The van der Waals surface area contributed by atoms with Gasteiger partial charge < -0.3 is 40.8 Å². The maximum absolute atomic E-state index is 12.8. The quantitative estimate of drug-likeness (QED) is 0.132. The second-order valence-corrected chi connectivity index (χ2v) is 11.0. The highest BCUT2D eigenvalue weighted by Gasteiger charge is 2.47. The summed E-state index contributed by atoms with van der Waals surface area (Å²) in [5, 5.41) is 16.4. The van der Waals surface area contributed by atoms with Gasteiger partial charge in [0.05, 0.1) is 26.4 Å². The molecule has 236 valence electrons. The number of aliphatic imine (C=N–C) groups is 1. The van der Waals surface area contributed by atoms with Gasteiger partial charge in [-0.2, -0.15) is 0 Å². The monoisotopic (exact) mass is 612 g/mol. The molecule has 1 saturated heterocycles. The predicted molar refractivity (Wildman–Crippen MR) is 173 cm³/mol. The standard InChI is InChI=1S/C35H40N4O6/c1-42-33-31(39-30(40)17-18-38-35(36)37)34(44-21-24-13-16-26-9-5-6-10-28(26)19-24)45-29(32(33)41)22-43-20-23-11-14-27(15-12-23)25-7-3-2-4-8-25/h2-16,19,29,31-34,41H,17-18,20-22H2,1H3,(H,39,40)(H4,36,37,38)/t29-,31-,32-,33-,34?/m1/s1. The van der Waals surface area contributed by atoms with E-state index in [1.807, 2.05) is 72.8 Å². The van der Waals surface area contributed by atoms with E-state index in [4.69, 9.17) is 30.4 Å². The molecule has 1 aliphatic rings. The molecule has 0 aliphatic carbocycles. The van der Waals surface area contributed by atoms with Crippen molar-refractivity contribution < 1.29 is 28.8 Å². The number of ether oxygens (including phenoxy) is 4. The van der Waals surface area contributed by atoms with Crippen molar-refractivity contribution in [3.63, 3.8) is 0 Å². The van der Waals surface area contributed by atoms with Gasteiger partial charge in [0.25, 0.3) is 0 Å². The van der Waals surface area contributed by atoms with Crippen molar-refractivity contribution in [1.82, 2.24) is 5.32 Å². The summed E-state index contributed by atoms with van der Waals surface area (Å²) in [6.45, 7) is 0.742. The van der Waals surface area contributed by atoms with Crippen LogP contribution in [0.25, 0.3) is 21.9 Å². The van der Waals surface area contributed by atoms with E-state index < -0.39 is 30.6 Å². The minimum atomic E-state index is -1.10. The minimum Gasteiger partial charge on any atom is -0.388 e. The fraction of sp³-hybridized carbons (Fsp3) is 0.314. The van der Waals surface area contributed by atoms with Crippen LogP contribution < -0.4 is 16.8 Å². The largest absolute Gasteiger partial charge is 0.388 e. The first-order valence-corrected chi connectivity index (χ1v) is 14.9. The molecule has 0 radical (unpaired) electrons. The summed E-state index contributed by atoms with van der Waals surface area (Å²) in [5.41, 5.74) is 15.0. The molecule has 45 heavy (non-hydrogen) atoms. The Morgan fingerprint density at radius 2 is 1.58 bits per heavy atom. The number of methoxy groups -OCH3 is 1. The fourth-order valence-corrected chi connectivity index (χ4v) is 5.40. The number of hydrogen-bond acceptors (Lipinski definition) is 7. The molecule has 1 unspecified atom stereocenters. The van der Waals surface area contributed by atoms with E-state index in [0.717, 1.165) is 33.0 Å². The molecule has 1 aliphatic heterocycles. The lowest BCUT2D eigenvalue weighted by molar-refractivity contribution is -0.279. The highest BCUT2D eigenvalue weighted by atomic mass is 16.7. The first-order chi connectivity index (χ1) is 21.9. The first kappa shape index (κ1) is 32.1. The number of nitrogens with one attached hydrogen (secondary N) is 1. The van der Waals surface area contributed by atoms with Crippen LogP contribution in [0.1, 0.15) is 17.5 Å². The number of aliphatic hydroxyl groups is 1. The summed E-state index contributed by atoms with van der Waals surface area (Å²) in [5.74, 6) is -0.434. The van der Waals surface area contributed by atoms with E-state index in [-0.39, 0.29) is 38.0 Å². The van der Waals surface area contributed by atoms with Crippen LogP contribution in [-0.2, 0) is 37.0 Å². The van der Waals surface area contributed by atoms with Gasteiger partial charge in [0.15, 0.2) is 12.2 Å². The van der Waals surface area contributed by atoms with Crippen LogP contribution in [0, 0.1) is 0 Å². The Labute approximate surface area is 263 Å². The molecule has 1 fully saturated rings. The van der Waals surface area contributed by atoms with Crippen LogP contribution in [0.5, 0.6) is 0 Å². The smallest absolute Gasteiger partial charge is 0.222 e. The highest BCUT2D eigenvalue weighted by Crippen LogP contribution is 2.27. The number of nitrogens with zero attached hydrogens (tertiary/aromatic N) is 1. The molecule has 4 aromatic carbocycles. The summed E-state index contributed by atoms with van der Waals surface area (Å²) >= 11 is 0. The maximum atomic E-state index is 12.8. The van der Waals surface area contributed by atoms with Crippen LogP contribution in [0.2, 0.25) is 0 Å². The molecule has 5 atom stereocenters. The third kappa shape index (κ3) is 8.65. The van der Waals surface area contributed by atoms with E-state index in [1.54, 1.807) is 0 Å². The van der Waals surface area contributed by atoms with Gasteiger partial charge in [0, 0.05) is 13.5 Å². The molecule has 0 spiro atoms. The van der Waals surface area contributed by atoms with Gasteiger partial charge in [-0.15, -0.1) is 0 Å². The lowest BCUT2D eigenvalue weighted by atomic mass is 9.96. The number of amides is 1. The Hall–Kier alpha value is -4.32. The van der Waals surface area contributed by atoms with Crippen molar-refractivity contribution >= 4 is 22.6 Å². The Kier molecular flexibility index (Phi) is 11.1. The summed E-state index contributed by atoms with van der Waals surface area (Å²) in [4.78, 5) is 16.7. The van der Waals surface area contributed by atoms with Gasteiger partial charge in [-0.05, 0) is 39.1 Å². The highest BCUT2D eigenvalue weighted by molar-refractivity contribution is 5.83. The van der Waals surface area contributed by atoms with Crippen LogP contribution >= 0.6 is 0 Å². The third-order valence-electron chi connectivity index (χ3n) is 7.75. The number of guanidine groups is 1. The molecule has 10 heteroatoms. The van der Waals surface area contributed by atoms with Crippen LogP contribution in [0.15, 0.2) is 102 Å². The van der Waals surface area contributed by atoms with Crippen molar-refractivity contribution in [2.75, 3.05) is 20.3 Å². The normalized spacial score (nSPS) is 21.3. The summed E-state index contributed by atoms with van der Waals surface area (Å²) in [7, 11) is 1.48. The molecule has 6 N–H and O–H groups in total. The first-order valence-electron chi connectivity index (χ1n) is 14.9. The van der Waals surface area contributed by atoms with Crippen LogP contribution in [-0.4, -0.2) is 67.9 Å². The molecule has 0 bridgehead atoms. The zero-order valence-electron chi connectivity index (χ0n) is 25.3. The zero-order valence-corrected chi connectivity index (χ0v) is 25.3. The lowest BCUT2D eigenvalue weighted by Crippen LogP contribution is -2.65. The van der Waals surface area contributed by atoms with Gasteiger partial charge in [0.2, 0.25) is 5.91 Å². The predicted octanol–water partition coefficient (Wildman–Crippen LogP) is 3.49. The van der Waals surface area contributed by atoms with E-state index in [2.05, 4.69) is 34.6 Å². The molecule has 0 saturated carbocycles. The van der Waals surface area contributed by atoms with Crippen LogP contribution in [0.4, 0.5) is 0 Å². The second kappa shape index (κ2) is 15.6. The number of benzene rings is 4. The Bertz CT molecular complexity index is 1560. The zero-order chi connectivity index (χ0) is 31.6. The van der Waals surface area contributed by atoms with Gasteiger partial charge in [-0.3, -0.25) is 9.79 Å². The number of fused-ring (bicyclic) bond motifs is 1. The Morgan fingerprint density at radius 3 is 2.31 bits per heavy atom. The maximum Gasteiger partial charge on any atom is 0.222 e. The second-order valence-electron chi connectivity index (χ2n) is 11.0. The average molecular weight is 613 g/mol. The summed E-state index contributed by atoms with van der Waals surface area (Å²) in [6, 6.07) is 31.6. The number of nitrogens with two attached hydrogens (primary N) is 2. The Balaban J connectivity index is 1.25.